The summed E-state index contributed by atoms with van der Waals surface area (Å²) >= 11 is 0. The van der Waals surface area contributed by atoms with Gasteiger partial charge in [-0.2, -0.15) is 0 Å². The maximum Gasteiger partial charge on any atom is 0.255 e. The Morgan fingerprint density at radius 1 is 0.828 bits per heavy atom. The van der Waals surface area contributed by atoms with Gasteiger partial charge in [0, 0.05) is 16.9 Å². The van der Waals surface area contributed by atoms with Gasteiger partial charge in [0.25, 0.3) is 5.91 Å². The Kier molecular flexibility index (Phi) is 6.58. The van der Waals surface area contributed by atoms with E-state index in [1.54, 1.807) is 60.7 Å². The summed E-state index contributed by atoms with van der Waals surface area (Å²) in [5.41, 5.74) is 2.43. The number of nitrogens with one attached hydrogen (secondary N) is 2. The van der Waals surface area contributed by atoms with Crippen molar-refractivity contribution >= 4 is 23.2 Å². The summed E-state index contributed by atoms with van der Waals surface area (Å²) in [7, 11) is 0. The van der Waals surface area contributed by atoms with Crippen LogP contribution in [0, 0.1) is 5.82 Å². The number of ether oxygens (including phenoxy) is 1. The van der Waals surface area contributed by atoms with Gasteiger partial charge in [0.2, 0.25) is 5.91 Å². The molecular weight excluding hydrogens is 371 g/mol. The molecule has 2 amide bonds. The highest BCUT2D eigenvalue weighted by Crippen LogP contribution is 2.17. The molecule has 0 bridgehead atoms. The van der Waals surface area contributed by atoms with Crippen molar-refractivity contribution in [1.29, 1.82) is 0 Å². The number of amides is 2. The van der Waals surface area contributed by atoms with E-state index in [4.69, 9.17) is 4.74 Å². The van der Waals surface area contributed by atoms with Crippen molar-refractivity contribution in [3.63, 3.8) is 0 Å². The number of halogens is 1. The SMILES string of the molecule is CCOc1ccc(NC(=O)c2ccc(NC(=O)Cc3ccc(F)cc3)cc2)cc1. The maximum absolute atomic E-state index is 12.9. The zero-order valence-electron chi connectivity index (χ0n) is 15.9. The lowest BCUT2D eigenvalue weighted by atomic mass is 10.1. The van der Waals surface area contributed by atoms with Crippen LogP contribution in [0.2, 0.25) is 0 Å². The highest BCUT2D eigenvalue weighted by atomic mass is 19.1. The number of carbonyl (C=O) groups excluding carboxylic acids is 2. The van der Waals surface area contributed by atoms with Crippen LogP contribution in [0.4, 0.5) is 15.8 Å². The Morgan fingerprint density at radius 2 is 1.41 bits per heavy atom. The minimum atomic E-state index is -0.340. The quantitative estimate of drug-likeness (QED) is 0.615. The summed E-state index contributed by atoms with van der Waals surface area (Å²) in [6.45, 7) is 2.49. The highest BCUT2D eigenvalue weighted by Gasteiger charge is 2.08. The molecule has 0 spiro atoms. The van der Waals surface area contributed by atoms with Gasteiger partial charge in [-0.25, -0.2) is 4.39 Å². The van der Waals surface area contributed by atoms with Crippen LogP contribution < -0.4 is 15.4 Å². The highest BCUT2D eigenvalue weighted by molar-refractivity contribution is 6.04. The fourth-order valence-electron chi connectivity index (χ4n) is 2.70. The molecule has 6 heteroatoms. The van der Waals surface area contributed by atoms with Crippen molar-refractivity contribution in [1.82, 2.24) is 0 Å². The normalized spacial score (nSPS) is 10.3. The van der Waals surface area contributed by atoms with Gasteiger partial charge in [-0.1, -0.05) is 12.1 Å². The Morgan fingerprint density at radius 3 is 2.03 bits per heavy atom. The second-order valence-corrected chi connectivity index (χ2v) is 6.34. The first-order valence-corrected chi connectivity index (χ1v) is 9.22. The van der Waals surface area contributed by atoms with E-state index in [0.717, 1.165) is 11.3 Å². The lowest BCUT2D eigenvalue weighted by molar-refractivity contribution is -0.115. The fraction of sp³-hybridized carbons (Fsp3) is 0.130. The topological polar surface area (TPSA) is 67.4 Å². The molecule has 3 aromatic rings. The van der Waals surface area contributed by atoms with Gasteiger partial charge in [-0.05, 0) is 73.2 Å². The number of anilines is 2. The molecule has 3 rings (SSSR count). The van der Waals surface area contributed by atoms with Crippen LogP contribution in [0.5, 0.6) is 5.75 Å². The molecule has 0 heterocycles. The van der Waals surface area contributed by atoms with Gasteiger partial charge in [0.15, 0.2) is 0 Å². The summed E-state index contributed by atoms with van der Waals surface area (Å²) in [6, 6.07) is 19.5. The minimum absolute atomic E-state index is 0.139. The van der Waals surface area contributed by atoms with Crippen LogP contribution in [0.3, 0.4) is 0 Å². The maximum atomic E-state index is 12.9. The number of carbonyl (C=O) groups is 2. The number of rotatable bonds is 7. The largest absolute Gasteiger partial charge is 0.494 e. The first-order chi connectivity index (χ1) is 14.0. The van der Waals surface area contributed by atoms with Gasteiger partial charge >= 0.3 is 0 Å². The number of hydrogen-bond acceptors (Lipinski definition) is 3. The summed E-state index contributed by atoms with van der Waals surface area (Å²) in [5.74, 6) is -0.0685. The van der Waals surface area contributed by atoms with E-state index in [9.17, 15) is 14.0 Å². The molecule has 148 valence electrons. The second-order valence-electron chi connectivity index (χ2n) is 6.34. The molecule has 0 aliphatic heterocycles. The van der Waals surface area contributed by atoms with Crippen molar-refractivity contribution in [2.24, 2.45) is 0 Å². The van der Waals surface area contributed by atoms with E-state index < -0.39 is 0 Å². The summed E-state index contributed by atoms with van der Waals surface area (Å²) < 4.78 is 18.3. The Bertz CT molecular complexity index is 969. The van der Waals surface area contributed by atoms with E-state index in [-0.39, 0.29) is 24.1 Å². The third-order valence-corrected chi connectivity index (χ3v) is 4.13. The van der Waals surface area contributed by atoms with Crippen LogP contribution in [-0.4, -0.2) is 18.4 Å². The molecule has 0 radical (unpaired) electrons. The second kappa shape index (κ2) is 9.50. The molecule has 29 heavy (non-hydrogen) atoms. The first-order valence-electron chi connectivity index (χ1n) is 9.22. The van der Waals surface area contributed by atoms with Crippen molar-refractivity contribution < 1.29 is 18.7 Å². The Balaban J connectivity index is 1.55. The molecule has 0 aromatic heterocycles. The molecular formula is C23H21FN2O3. The molecule has 3 aromatic carbocycles. The van der Waals surface area contributed by atoms with Gasteiger partial charge in [0.05, 0.1) is 13.0 Å². The molecule has 0 fully saturated rings. The van der Waals surface area contributed by atoms with Gasteiger partial charge in [-0.3, -0.25) is 9.59 Å². The third kappa shape index (κ3) is 5.90. The van der Waals surface area contributed by atoms with Crippen LogP contribution >= 0.6 is 0 Å². The molecule has 5 nitrogen and oxygen atoms in total. The monoisotopic (exact) mass is 392 g/mol. The predicted molar refractivity (Wildman–Crippen MR) is 111 cm³/mol. The van der Waals surface area contributed by atoms with Crippen molar-refractivity contribution in [3.8, 4) is 5.75 Å². The molecule has 0 aliphatic carbocycles. The number of hydrogen-bond donors (Lipinski definition) is 2. The fourth-order valence-corrected chi connectivity index (χ4v) is 2.70. The van der Waals surface area contributed by atoms with Crippen molar-refractivity contribution in [3.05, 3.63) is 89.7 Å². The van der Waals surface area contributed by atoms with E-state index in [0.29, 0.717) is 23.5 Å². The molecule has 0 aliphatic rings. The first kappa shape index (κ1) is 20.1. The van der Waals surface area contributed by atoms with Crippen molar-refractivity contribution in [2.45, 2.75) is 13.3 Å². The smallest absolute Gasteiger partial charge is 0.255 e. The summed E-state index contributed by atoms with van der Waals surface area (Å²) in [4.78, 5) is 24.5. The average Bonchev–Trinajstić information content (AvgIpc) is 2.72. The van der Waals surface area contributed by atoms with Crippen LogP contribution in [0.25, 0.3) is 0 Å². The Labute approximate surface area is 168 Å². The lowest BCUT2D eigenvalue weighted by Crippen LogP contribution is -2.15. The number of benzene rings is 3. The van der Waals surface area contributed by atoms with Crippen molar-refractivity contribution in [2.75, 3.05) is 17.2 Å². The van der Waals surface area contributed by atoms with E-state index in [2.05, 4.69) is 10.6 Å². The minimum Gasteiger partial charge on any atom is -0.494 e. The molecule has 0 saturated carbocycles. The lowest BCUT2D eigenvalue weighted by Gasteiger charge is -2.09. The predicted octanol–water partition coefficient (Wildman–Crippen LogP) is 4.66. The zero-order chi connectivity index (χ0) is 20.6. The zero-order valence-corrected chi connectivity index (χ0v) is 15.9. The summed E-state index contributed by atoms with van der Waals surface area (Å²) in [6.07, 6.45) is 0.139. The van der Waals surface area contributed by atoms with E-state index >= 15 is 0 Å². The van der Waals surface area contributed by atoms with Crippen LogP contribution in [0.15, 0.2) is 72.8 Å². The van der Waals surface area contributed by atoms with E-state index in [1.165, 1.54) is 12.1 Å². The van der Waals surface area contributed by atoms with Gasteiger partial charge in [0.1, 0.15) is 11.6 Å². The third-order valence-electron chi connectivity index (χ3n) is 4.13. The van der Waals surface area contributed by atoms with Gasteiger partial charge < -0.3 is 15.4 Å². The summed E-state index contributed by atoms with van der Waals surface area (Å²) in [5, 5.41) is 5.57. The molecule has 0 atom stereocenters. The van der Waals surface area contributed by atoms with E-state index in [1.807, 2.05) is 6.92 Å². The molecule has 0 saturated heterocycles. The molecule has 0 unspecified atom stereocenters. The average molecular weight is 392 g/mol. The standard InChI is InChI=1S/C23H21FN2O3/c1-2-29-21-13-11-20(12-14-21)26-23(28)17-5-9-19(10-6-17)25-22(27)15-16-3-7-18(24)8-4-16/h3-14H,2,15H2,1H3,(H,25,27)(H,26,28). The molecule has 2 N–H and O–H groups in total. The Hall–Kier alpha value is -3.67. The van der Waals surface area contributed by atoms with Crippen LogP contribution in [0.1, 0.15) is 22.8 Å². The van der Waals surface area contributed by atoms with Crippen LogP contribution in [-0.2, 0) is 11.2 Å². The van der Waals surface area contributed by atoms with Gasteiger partial charge in [-0.15, -0.1) is 0 Å².